The molecule has 15 heavy (non-hydrogen) atoms. The summed E-state index contributed by atoms with van der Waals surface area (Å²) in [5.74, 6) is -0.132. The molecule has 1 saturated heterocycles. The molecule has 2 unspecified atom stereocenters. The van der Waals surface area contributed by atoms with Crippen molar-refractivity contribution < 1.29 is 9.90 Å². The molecule has 0 spiro atoms. The Balaban J connectivity index is 2.14. The first kappa shape index (κ1) is 10.5. The second kappa shape index (κ2) is 4.24. The number of carbonyl (C=O) groups is 1. The van der Waals surface area contributed by atoms with E-state index in [1.54, 1.807) is 11.8 Å². The van der Waals surface area contributed by atoms with Gasteiger partial charge in [0.25, 0.3) is 0 Å². The van der Waals surface area contributed by atoms with E-state index in [0.717, 1.165) is 0 Å². The van der Waals surface area contributed by atoms with Gasteiger partial charge >= 0.3 is 5.97 Å². The van der Waals surface area contributed by atoms with Crippen molar-refractivity contribution in [3.8, 4) is 0 Å². The molecule has 1 aliphatic heterocycles. The van der Waals surface area contributed by atoms with Gasteiger partial charge in [-0.15, -0.1) is 11.8 Å². The fourth-order valence-electron chi connectivity index (χ4n) is 1.67. The molecule has 0 saturated carbocycles. The lowest BCUT2D eigenvalue weighted by Crippen LogP contribution is -2.33. The molecule has 0 bridgehead atoms. The number of aryl methyl sites for hydroxylation is 1. The number of aliphatic carboxylic acids is 1. The van der Waals surface area contributed by atoms with Crippen molar-refractivity contribution >= 4 is 17.7 Å². The number of hydrogen-bond donors (Lipinski definition) is 2. The van der Waals surface area contributed by atoms with Crippen LogP contribution in [0.4, 0.5) is 0 Å². The smallest absolute Gasteiger partial charge is 0.321 e. The van der Waals surface area contributed by atoms with Crippen molar-refractivity contribution in [3.63, 3.8) is 0 Å². The third-order valence-corrected chi connectivity index (χ3v) is 3.80. The molecule has 0 amide bonds. The summed E-state index contributed by atoms with van der Waals surface area (Å²) < 4.78 is 0. The minimum absolute atomic E-state index is 0.118. The van der Waals surface area contributed by atoms with E-state index in [1.807, 2.05) is 31.2 Å². The normalized spacial score (nSPS) is 25.4. The summed E-state index contributed by atoms with van der Waals surface area (Å²) in [5.41, 5.74) is 2.39. The van der Waals surface area contributed by atoms with E-state index in [1.165, 1.54) is 11.1 Å². The van der Waals surface area contributed by atoms with Crippen LogP contribution in [0.3, 0.4) is 0 Å². The largest absolute Gasteiger partial charge is 0.480 e. The van der Waals surface area contributed by atoms with Gasteiger partial charge in [0.15, 0.2) is 0 Å². The van der Waals surface area contributed by atoms with Gasteiger partial charge in [0.05, 0.1) is 5.37 Å². The van der Waals surface area contributed by atoms with Crippen LogP contribution in [0.15, 0.2) is 24.3 Å². The van der Waals surface area contributed by atoms with Crippen LogP contribution in [0.25, 0.3) is 0 Å². The van der Waals surface area contributed by atoms with Gasteiger partial charge in [-0.1, -0.05) is 24.3 Å². The standard InChI is InChI=1S/C11H13NO2S/c1-7-4-2-3-5-8(7)10-12-9(6-15-10)11(13)14/h2-5,9-10,12H,6H2,1H3,(H,13,14). The zero-order chi connectivity index (χ0) is 10.8. The highest BCUT2D eigenvalue weighted by molar-refractivity contribution is 7.99. The van der Waals surface area contributed by atoms with Crippen LogP contribution in [0.1, 0.15) is 16.5 Å². The summed E-state index contributed by atoms with van der Waals surface area (Å²) in [5, 5.41) is 12.1. The molecule has 1 aromatic rings. The Kier molecular flexibility index (Phi) is 2.98. The Bertz CT molecular complexity index is 381. The highest BCUT2D eigenvalue weighted by Gasteiger charge is 2.30. The number of carboxylic acid groups (broad SMARTS) is 1. The van der Waals surface area contributed by atoms with Crippen LogP contribution in [-0.2, 0) is 4.79 Å². The van der Waals surface area contributed by atoms with E-state index < -0.39 is 12.0 Å². The van der Waals surface area contributed by atoms with Crippen molar-refractivity contribution in [1.29, 1.82) is 0 Å². The molecule has 2 atom stereocenters. The van der Waals surface area contributed by atoms with Gasteiger partial charge in [-0.2, -0.15) is 0 Å². The van der Waals surface area contributed by atoms with E-state index in [2.05, 4.69) is 5.32 Å². The fourth-order valence-corrected chi connectivity index (χ4v) is 3.00. The van der Waals surface area contributed by atoms with Gasteiger partial charge in [0, 0.05) is 5.75 Å². The molecular weight excluding hydrogens is 210 g/mol. The van der Waals surface area contributed by atoms with Crippen molar-refractivity contribution in [1.82, 2.24) is 5.32 Å². The topological polar surface area (TPSA) is 49.3 Å². The predicted molar refractivity (Wildman–Crippen MR) is 60.9 cm³/mol. The molecule has 0 aromatic heterocycles. The maximum atomic E-state index is 10.8. The Morgan fingerprint density at radius 1 is 1.53 bits per heavy atom. The van der Waals surface area contributed by atoms with Gasteiger partial charge in [-0.3, -0.25) is 10.1 Å². The van der Waals surface area contributed by atoms with Gasteiger partial charge in [0.1, 0.15) is 6.04 Å². The van der Waals surface area contributed by atoms with Gasteiger partial charge < -0.3 is 5.11 Å². The number of benzene rings is 1. The van der Waals surface area contributed by atoms with Crippen molar-refractivity contribution in [2.45, 2.75) is 18.3 Å². The molecule has 0 radical (unpaired) electrons. The zero-order valence-electron chi connectivity index (χ0n) is 8.43. The van der Waals surface area contributed by atoms with E-state index in [4.69, 9.17) is 5.11 Å². The predicted octanol–water partition coefficient (Wildman–Crippen LogP) is 1.78. The van der Waals surface area contributed by atoms with Gasteiger partial charge in [-0.05, 0) is 18.1 Å². The Labute approximate surface area is 92.9 Å². The average molecular weight is 223 g/mol. The highest BCUT2D eigenvalue weighted by atomic mass is 32.2. The van der Waals surface area contributed by atoms with Crippen LogP contribution in [-0.4, -0.2) is 22.9 Å². The molecule has 1 fully saturated rings. The van der Waals surface area contributed by atoms with Crippen LogP contribution in [0.5, 0.6) is 0 Å². The first-order valence-corrected chi connectivity index (χ1v) is 5.89. The molecule has 80 valence electrons. The summed E-state index contributed by atoms with van der Waals surface area (Å²) in [4.78, 5) is 10.8. The molecule has 1 heterocycles. The van der Waals surface area contributed by atoms with Crippen LogP contribution < -0.4 is 5.32 Å². The maximum absolute atomic E-state index is 10.8. The van der Waals surface area contributed by atoms with E-state index in [9.17, 15) is 4.79 Å². The molecule has 0 aliphatic carbocycles. The van der Waals surface area contributed by atoms with Crippen molar-refractivity contribution in [3.05, 3.63) is 35.4 Å². The lowest BCUT2D eigenvalue weighted by atomic mass is 10.1. The summed E-state index contributed by atoms with van der Waals surface area (Å²) in [6.45, 7) is 2.05. The third-order valence-electron chi connectivity index (χ3n) is 2.55. The van der Waals surface area contributed by atoms with Gasteiger partial charge in [-0.25, -0.2) is 0 Å². The summed E-state index contributed by atoms with van der Waals surface area (Å²) in [6, 6.07) is 7.65. The monoisotopic (exact) mass is 223 g/mol. The number of thioether (sulfide) groups is 1. The SMILES string of the molecule is Cc1ccccc1C1NC(C(=O)O)CS1. The quantitative estimate of drug-likeness (QED) is 0.802. The molecular formula is C11H13NO2S. The summed E-state index contributed by atoms with van der Waals surface area (Å²) in [6.07, 6.45) is 0. The number of hydrogen-bond acceptors (Lipinski definition) is 3. The number of nitrogens with one attached hydrogen (secondary N) is 1. The van der Waals surface area contributed by atoms with E-state index in [-0.39, 0.29) is 5.37 Å². The summed E-state index contributed by atoms with van der Waals surface area (Å²) >= 11 is 1.65. The molecule has 1 aliphatic rings. The molecule has 3 nitrogen and oxygen atoms in total. The second-order valence-corrected chi connectivity index (χ2v) is 4.77. The minimum atomic E-state index is -0.765. The number of rotatable bonds is 2. The maximum Gasteiger partial charge on any atom is 0.321 e. The lowest BCUT2D eigenvalue weighted by Gasteiger charge is -2.13. The van der Waals surface area contributed by atoms with E-state index >= 15 is 0 Å². The van der Waals surface area contributed by atoms with Crippen LogP contribution in [0.2, 0.25) is 0 Å². The zero-order valence-corrected chi connectivity index (χ0v) is 9.25. The second-order valence-electron chi connectivity index (χ2n) is 3.63. The molecule has 4 heteroatoms. The van der Waals surface area contributed by atoms with Crippen LogP contribution in [0, 0.1) is 6.92 Å². The first-order chi connectivity index (χ1) is 7.18. The third kappa shape index (κ3) is 2.16. The molecule has 2 rings (SSSR count). The first-order valence-electron chi connectivity index (χ1n) is 4.84. The molecule has 1 aromatic carbocycles. The Morgan fingerprint density at radius 3 is 2.87 bits per heavy atom. The lowest BCUT2D eigenvalue weighted by molar-refractivity contribution is -0.138. The molecule has 2 N–H and O–H groups in total. The fraction of sp³-hybridized carbons (Fsp3) is 0.364. The Morgan fingerprint density at radius 2 is 2.27 bits per heavy atom. The van der Waals surface area contributed by atoms with Gasteiger partial charge in [0.2, 0.25) is 0 Å². The van der Waals surface area contributed by atoms with Crippen LogP contribution >= 0.6 is 11.8 Å². The van der Waals surface area contributed by atoms with Crippen molar-refractivity contribution in [2.75, 3.05) is 5.75 Å². The highest BCUT2D eigenvalue weighted by Crippen LogP contribution is 2.34. The van der Waals surface area contributed by atoms with E-state index in [0.29, 0.717) is 5.75 Å². The average Bonchev–Trinajstić information content (AvgIpc) is 2.67. The summed E-state index contributed by atoms with van der Waals surface area (Å²) in [7, 11) is 0. The minimum Gasteiger partial charge on any atom is -0.480 e. The number of carboxylic acids is 1. The Hall–Kier alpha value is -1.00. The van der Waals surface area contributed by atoms with Crippen molar-refractivity contribution in [2.24, 2.45) is 0 Å².